The van der Waals surface area contributed by atoms with Gasteiger partial charge in [0.15, 0.2) is 11.0 Å². The third kappa shape index (κ3) is 2.94. The zero-order chi connectivity index (χ0) is 14.3. The Morgan fingerprint density at radius 3 is 2.22 bits per heavy atom. The highest BCUT2D eigenvalue weighted by Gasteiger charge is 2.62. The molecule has 18 heavy (non-hydrogen) atoms. The van der Waals surface area contributed by atoms with Crippen molar-refractivity contribution in [2.24, 2.45) is 0 Å². The van der Waals surface area contributed by atoms with Crippen molar-refractivity contribution in [3.05, 3.63) is 11.1 Å². The fourth-order valence-corrected chi connectivity index (χ4v) is 4.25. The number of nitrogens with zero attached hydrogens (tertiary/aromatic N) is 1. The second-order valence-corrected chi connectivity index (χ2v) is 7.31. The van der Waals surface area contributed by atoms with Crippen LogP contribution in [0.5, 0.6) is 0 Å². The predicted octanol–water partition coefficient (Wildman–Crippen LogP) is 2.39. The van der Waals surface area contributed by atoms with Crippen LogP contribution in [0, 0.1) is 0 Å². The van der Waals surface area contributed by atoms with Gasteiger partial charge in [-0.15, -0.1) is 3.71 Å². The molecule has 0 amide bonds. The van der Waals surface area contributed by atoms with E-state index < -0.39 is 32.6 Å². The molecule has 0 aromatic carbocycles. The molecule has 1 rings (SSSR count). The Morgan fingerprint density at radius 2 is 1.78 bits per heavy atom. The highest BCUT2D eigenvalue weighted by atomic mass is 35.5. The fraction of sp³-hybridized carbons (Fsp3) is 0.750. The van der Waals surface area contributed by atoms with Crippen molar-refractivity contribution in [2.75, 3.05) is 12.3 Å². The van der Waals surface area contributed by atoms with Crippen molar-refractivity contribution in [3.63, 3.8) is 0 Å². The van der Waals surface area contributed by atoms with E-state index in [1.807, 2.05) is 0 Å². The maximum atomic E-state index is 13.1. The van der Waals surface area contributed by atoms with Gasteiger partial charge in [-0.1, -0.05) is 11.1 Å². The van der Waals surface area contributed by atoms with Crippen molar-refractivity contribution in [3.8, 4) is 0 Å². The molecule has 0 saturated heterocycles. The minimum absolute atomic E-state index is 0.110. The predicted molar refractivity (Wildman–Crippen MR) is 62.0 cm³/mol. The Kier molecular flexibility index (Phi) is 4.62. The van der Waals surface area contributed by atoms with Gasteiger partial charge in [-0.2, -0.15) is 17.6 Å². The average Bonchev–Trinajstić information content (AvgIpc) is 2.20. The molecule has 2 atom stereocenters. The van der Waals surface area contributed by atoms with Crippen LogP contribution in [0.25, 0.3) is 0 Å². The van der Waals surface area contributed by atoms with Gasteiger partial charge in [0.05, 0.1) is 5.75 Å². The lowest BCUT2D eigenvalue weighted by molar-refractivity contribution is -0.0948. The summed E-state index contributed by atoms with van der Waals surface area (Å²) in [6, 6.07) is 0. The van der Waals surface area contributed by atoms with E-state index in [0.717, 1.165) is 0 Å². The SMILES string of the molecule is CC1=C(C)CS(=O)N(S(=O)C(F)(F)C(F)(F)Cl)C1. The topological polar surface area (TPSA) is 37.4 Å². The lowest BCUT2D eigenvalue weighted by Crippen LogP contribution is -2.49. The summed E-state index contributed by atoms with van der Waals surface area (Å²) in [5.41, 5.74) is 1.26. The Balaban J connectivity index is 3.03. The molecule has 0 radical (unpaired) electrons. The minimum atomic E-state index is -4.98. The second-order valence-electron chi connectivity index (χ2n) is 3.78. The minimum Gasteiger partial charge on any atom is -0.241 e. The summed E-state index contributed by atoms with van der Waals surface area (Å²) in [6.07, 6.45) is 0. The summed E-state index contributed by atoms with van der Waals surface area (Å²) in [7, 11) is -5.51. The van der Waals surface area contributed by atoms with E-state index in [9.17, 15) is 26.0 Å². The van der Waals surface area contributed by atoms with Crippen LogP contribution in [-0.4, -0.2) is 35.1 Å². The molecule has 0 N–H and O–H groups in total. The molecule has 0 aromatic heterocycles. The zero-order valence-corrected chi connectivity index (χ0v) is 11.8. The van der Waals surface area contributed by atoms with Gasteiger partial charge in [-0.25, -0.2) is 8.42 Å². The van der Waals surface area contributed by atoms with Crippen molar-refractivity contribution < 1.29 is 26.0 Å². The van der Waals surface area contributed by atoms with Crippen LogP contribution in [0.1, 0.15) is 13.8 Å². The molecule has 0 aromatic rings. The van der Waals surface area contributed by atoms with Gasteiger partial charge in [0.2, 0.25) is 0 Å². The van der Waals surface area contributed by atoms with Crippen LogP contribution >= 0.6 is 11.6 Å². The first-order valence-electron chi connectivity index (χ1n) is 4.66. The Labute approximate surface area is 111 Å². The van der Waals surface area contributed by atoms with E-state index >= 15 is 0 Å². The molecule has 0 spiro atoms. The third-order valence-corrected chi connectivity index (χ3v) is 6.11. The fourth-order valence-electron chi connectivity index (χ4n) is 1.14. The molecular formula is C8H10ClF4NO2S2. The molecule has 0 bridgehead atoms. The summed E-state index contributed by atoms with van der Waals surface area (Å²) in [5.74, 6) is -0.110. The lowest BCUT2D eigenvalue weighted by atomic mass is 10.2. The number of hydrogen-bond donors (Lipinski definition) is 0. The first kappa shape index (κ1) is 16.1. The molecule has 1 aliphatic heterocycles. The van der Waals surface area contributed by atoms with Crippen molar-refractivity contribution in [1.82, 2.24) is 3.71 Å². The van der Waals surface area contributed by atoms with Gasteiger partial charge in [-0.3, -0.25) is 0 Å². The van der Waals surface area contributed by atoms with Crippen LogP contribution in [0.4, 0.5) is 17.6 Å². The first-order valence-corrected chi connectivity index (χ1v) is 7.42. The normalized spacial score (nSPS) is 25.4. The van der Waals surface area contributed by atoms with Crippen molar-refractivity contribution in [1.29, 1.82) is 0 Å². The van der Waals surface area contributed by atoms with E-state index in [1.54, 1.807) is 13.8 Å². The molecule has 10 heteroatoms. The number of rotatable bonds is 3. The van der Waals surface area contributed by atoms with Crippen LogP contribution in [0.3, 0.4) is 0 Å². The van der Waals surface area contributed by atoms with Gasteiger partial charge < -0.3 is 0 Å². The monoisotopic (exact) mass is 327 g/mol. The van der Waals surface area contributed by atoms with E-state index in [1.165, 1.54) is 0 Å². The van der Waals surface area contributed by atoms with E-state index in [4.69, 9.17) is 0 Å². The lowest BCUT2D eigenvalue weighted by Gasteiger charge is -2.30. The Bertz CT molecular complexity index is 435. The van der Waals surface area contributed by atoms with E-state index in [-0.39, 0.29) is 12.3 Å². The van der Waals surface area contributed by atoms with E-state index in [2.05, 4.69) is 11.6 Å². The van der Waals surface area contributed by atoms with Crippen LogP contribution in [0.2, 0.25) is 0 Å². The maximum Gasteiger partial charge on any atom is 0.411 e. The average molecular weight is 328 g/mol. The maximum absolute atomic E-state index is 13.1. The van der Waals surface area contributed by atoms with Crippen LogP contribution in [0.15, 0.2) is 11.1 Å². The van der Waals surface area contributed by atoms with Gasteiger partial charge in [0.25, 0.3) is 0 Å². The first-order chi connectivity index (χ1) is 7.98. The quantitative estimate of drug-likeness (QED) is 0.453. The summed E-state index contributed by atoms with van der Waals surface area (Å²) < 4.78 is 74.6. The van der Waals surface area contributed by atoms with Gasteiger partial charge >= 0.3 is 10.6 Å². The largest absolute Gasteiger partial charge is 0.411 e. The van der Waals surface area contributed by atoms with Gasteiger partial charge in [-0.05, 0) is 25.4 Å². The molecule has 1 aliphatic rings. The smallest absolute Gasteiger partial charge is 0.241 e. The summed E-state index contributed by atoms with van der Waals surface area (Å²) in [5, 5.41) is -9.94. The molecule has 2 unspecified atom stereocenters. The second kappa shape index (κ2) is 5.18. The highest BCUT2D eigenvalue weighted by molar-refractivity contribution is 7.98. The van der Waals surface area contributed by atoms with Gasteiger partial charge in [0, 0.05) is 6.54 Å². The van der Waals surface area contributed by atoms with E-state index in [0.29, 0.717) is 14.9 Å². The standard InChI is InChI=1S/C8H10ClF4NO2S2/c1-5-3-14(17(15)4-6(5)2)18(16)8(12,13)7(9,10)11/h3-4H2,1-2H3. The molecule has 3 nitrogen and oxygen atoms in total. The number of alkyl halides is 5. The molecule has 0 saturated carbocycles. The number of hydrogen-bond acceptors (Lipinski definition) is 2. The Morgan fingerprint density at radius 1 is 1.28 bits per heavy atom. The summed E-state index contributed by atoms with van der Waals surface area (Å²) in [6.45, 7) is 2.88. The molecule has 0 aliphatic carbocycles. The Hall–Kier alpha value is 0.01000. The molecule has 0 fully saturated rings. The molecule has 106 valence electrons. The van der Waals surface area contributed by atoms with Gasteiger partial charge in [0.1, 0.15) is 11.0 Å². The highest BCUT2D eigenvalue weighted by Crippen LogP contribution is 2.42. The molecule has 1 heterocycles. The number of halogens is 5. The third-order valence-electron chi connectivity index (χ3n) is 2.40. The zero-order valence-electron chi connectivity index (χ0n) is 9.38. The molecular weight excluding hydrogens is 318 g/mol. The summed E-state index contributed by atoms with van der Waals surface area (Å²) >= 11 is 4.24. The summed E-state index contributed by atoms with van der Waals surface area (Å²) in [4.78, 5) is 0. The van der Waals surface area contributed by atoms with Crippen LogP contribution in [-0.2, 0) is 22.0 Å². The van der Waals surface area contributed by atoms with Crippen LogP contribution < -0.4 is 0 Å². The van der Waals surface area contributed by atoms with Crippen molar-refractivity contribution >= 4 is 33.6 Å². The van der Waals surface area contributed by atoms with Crippen molar-refractivity contribution in [2.45, 2.75) is 24.5 Å².